The van der Waals surface area contributed by atoms with Crippen molar-refractivity contribution in [1.82, 2.24) is 0 Å². The second-order valence-corrected chi connectivity index (χ2v) is 2.77. The highest BCUT2D eigenvalue weighted by Gasteiger charge is 1.86. The second kappa shape index (κ2) is 5.93. The van der Waals surface area contributed by atoms with Crippen LogP contribution < -0.4 is 0 Å². The highest BCUT2D eigenvalue weighted by Crippen LogP contribution is 2.05. The van der Waals surface area contributed by atoms with Crippen LogP contribution in [-0.2, 0) is 0 Å². The Hall–Kier alpha value is -0.195. The third-order valence-corrected chi connectivity index (χ3v) is 1.46. The van der Waals surface area contributed by atoms with Gasteiger partial charge in [-0.15, -0.1) is 12.1 Å². The average molecular weight is 124 g/mol. The Bertz CT molecular complexity index is 76.6. The molecule has 0 aliphatic heterocycles. The number of unbranched alkanes of at least 4 members (excludes halogenated alkanes) is 3. The van der Waals surface area contributed by atoms with Crippen LogP contribution >= 0.6 is 0 Å². The van der Waals surface area contributed by atoms with Crippen molar-refractivity contribution in [2.75, 3.05) is 0 Å². The molecule has 52 valence electrons. The van der Waals surface area contributed by atoms with Crippen molar-refractivity contribution in [2.45, 2.75) is 39.0 Å². The van der Waals surface area contributed by atoms with Gasteiger partial charge in [0.1, 0.15) is 7.85 Å². The molecule has 0 saturated heterocycles. The highest BCUT2D eigenvalue weighted by atomic mass is 13.9. The van der Waals surface area contributed by atoms with Gasteiger partial charge in [-0.05, 0) is 6.42 Å². The topological polar surface area (TPSA) is 0 Å². The summed E-state index contributed by atoms with van der Waals surface area (Å²) in [4.78, 5) is 0. The van der Waals surface area contributed by atoms with Crippen LogP contribution in [-0.4, -0.2) is 7.85 Å². The van der Waals surface area contributed by atoms with Crippen LogP contribution in [0.5, 0.6) is 0 Å². The molecule has 0 aliphatic carbocycles. The van der Waals surface area contributed by atoms with Crippen molar-refractivity contribution in [3.05, 3.63) is 12.1 Å². The maximum absolute atomic E-state index is 3.85. The third-order valence-electron chi connectivity index (χ3n) is 1.46. The summed E-state index contributed by atoms with van der Waals surface area (Å²) in [5, 5.41) is 0. The Labute approximate surface area is 59.8 Å². The van der Waals surface area contributed by atoms with Crippen LogP contribution in [0.4, 0.5) is 0 Å². The smallest absolute Gasteiger partial charge is 0.117 e. The van der Waals surface area contributed by atoms with Crippen molar-refractivity contribution in [3.8, 4) is 0 Å². The van der Waals surface area contributed by atoms with Crippen LogP contribution in [0.25, 0.3) is 0 Å². The van der Waals surface area contributed by atoms with Gasteiger partial charge in [-0.2, -0.15) is 0 Å². The van der Waals surface area contributed by atoms with E-state index >= 15 is 0 Å². The molecule has 0 aromatic heterocycles. The maximum atomic E-state index is 3.85. The van der Waals surface area contributed by atoms with Crippen molar-refractivity contribution in [2.24, 2.45) is 0 Å². The predicted molar refractivity (Wildman–Crippen MR) is 46.4 cm³/mol. The molecule has 1 heteroatoms. The molecule has 0 heterocycles. The minimum atomic E-state index is 1.22. The summed E-state index contributed by atoms with van der Waals surface area (Å²) in [6.07, 6.45) is 6.65. The van der Waals surface area contributed by atoms with E-state index in [-0.39, 0.29) is 0 Å². The first-order valence-electron chi connectivity index (χ1n) is 3.91. The fourth-order valence-corrected chi connectivity index (χ4v) is 0.854. The summed E-state index contributed by atoms with van der Waals surface area (Å²) in [6, 6.07) is 0. The number of hydrogen-bond acceptors (Lipinski definition) is 0. The van der Waals surface area contributed by atoms with Gasteiger partial charge in [0.25, 0.3) is 0 Å². The van der Waals surface area contributed by atoms with Gasteiger partial charge in [-0.1, -0.05) is 32.6 Å². The van der Waals surface area contributed by atoms with Crippen LogP contribution in [0.3, 0.4) is 0 Å². The fraction of sp³-hybridized carbons (Fsp3) is 0.750. The first kappa shape index (κ1) is 8.80. The Morgan fingerprint density at radius 2 is 2.00 bits per heavy atom. The molecule has 9 heavy (non-hydrogen) atoms. The normalized spacial score (nSPS) is 9.44. The minimum absolute atomic E-state index is 1.22. The minimum Gasteiger partial charge on any atom is -0.117 e. The summed E-state index contributed by atoms with van der Waals surface area (Å²) in [5.74, 6) is 0. The van der Waals surface area contributed by atoms with Gasteiger partial charge in [0.05, 0.1) is 0 Å². The molecule has 0 atom stereocenters. The van der Waals surface area contributed by atoms with Crippen molar-refractivity contribution < 1.29 is 0 Å². The van der Waals surface area contributed by atoms with E-state index in [1.807, 2.05) is 0 Å². The molecule has 0 fully saturated rings. The van der Waals surface area contributed by atoms with Crippen LogP contribution in [0.15, 0.2) is 12.1 Å². The lowest BCUT2D eigenvalue weighted by atomic mass is 9.92. The first-order valence-corrected chi connectivity index (χ1v) is 3.91. The zero-order chi connectivity index (χ0) is 7.11. The van der Waals surface area contributed by atoms with E-state index in [0.717, 1.165) is 0 Å². The van der Waals surface area contributed by atoms with Gasteiger partial charge >= 0.3 is 0 Å². The lowest BCUT2D eigenvalue weighted by Crippen LogP contribution is -1.80. The molecule has 0 aromatic rings. The van der Waals surface area contributed by atoms with Gasteiger partial charge in [0.2, 0.25) is 0 Å². The average Bonchev–Trinajstić information content (AvgIpc) is 1.80. The van der Waals surface area contributed by atoms with Gasteiger partial charge in [-0.25, -0.2) is 0 Å². The molecule has 0 N–H and O–H groups in total. The Morgan fingerprint density at radius 1 is 1.33 bits per heavy atom. The van der Waals surface area contributed by atoms with Gasteiger partial charge in [0.15, 0.2) is 0 Å². The lowest BCUT2D eigenvalue weighted by molar-refractivity contribution is 0.672. The summed E-state index contributed by atoms with van der Waals surface area (Å²) in [7, 11) is 2.10. The Kier molecular flexibility index (Phi) is 5.80. The molecule has 0 aliphatic rings. The summed E-state index contributed by atoms with van der Waals surface area (Å²) in [5.41, 5.74) is 1.33. The van der Waals surface area contributed by atoms with Crippen molar-refractivity contribution >= 4 is 7.85 Å². The fourth-order valence-electron chi connectivity index (χ4n) is 0.854. The van der Waals surface area contributed by atoms with E-state index in [0.29, 0.717) is 0 Å². The molecule has 0 saturated carbocycles. The predicted octanol–water partition coefficient (Wildman–Crippen LogP) is 2.10. The number of rotatable bonds is 5. The molecule has 0 unspecified atom stereocenters. The zero-order valence-electron chi connectivity index (χ0n) is 6.74. The summed E-state index contributed by atoms with van der Waals surface area (Å²) >= 11 is 0. The molecule has 0 amide bonds. The molecule has 0 radical (unpaired) electrons. The quantitative estimate of drug-likeness (QED) is 0.389. The zero-order valence-corrected chi connectivity index (χ0v) is 6.74. The monoisotopic (exact) mass is 124 g/mol. The largest absolute Gasteiger partial charge is 0.133 e. The lowest BCUT2D eigenvalue weighted by Gasteiger charge is -1.96. The van der Waals surface area contributed by atoms with E-state index in [9.17, 15) is 0 Å². The molecular weight excluding hydrogens is 107 g/mol. The van der Waals surface area contributed by atoms with Gasteiger partial charge in [0, 0.05) is 0 Å². The van der Waals surface area contributed by atoms with Crippen molar-refractivity contribution in [1.29, 1.82) is 0 Å². The van der Waals surface area contributed by atoms with Crippen LogP contribution in [0, 0.1) is 0 Å². The van der Waals surface area contributed by atoms with E-state index in [2.05, 4.69) is 21.3 Å². The SMILES string of the molecule is BC(=C)CCCCCC. The van der Waals surface area contributed by atoms with Gasteiger partial charge < -0.3 is 0 Å². The summed E-state index contributed by atoms with van der Waals surface area (Å²) in [6.45, 7) is 6.09. The molecule has 0 rings (SSSR count). The summed E-state index contributed by atoms with van der Waals surface area (Å²) < 4.78 is 0. The molecule has 0 aromatic carbocycles. The van der Waals surface area contributed by atoms with E-state index in [1.54, 1.807) is 0 Å². The molecule has 0 spiro atoms. The van der Waals surface area contributed by atoms with E-state index in [1.165, 1.54) is 37.6 Å². The van der Waals surface area contributed by atoms with Crippen LogP contribution in [0.2, 0.25) is 0 Å². The van der Waals surface area contributed by atoms with E-state index < -0.39 is 0 Å². The Balaban J connectivity index is 2.83. The Morgan fingerprint density at radius 3 is 2.44 bits per heavy atom. The third kappa shape index (κ3) is 7.80. The van der Waals surface area contributed by atoms with Crippen molar-refractivity contribution in [3.63, 3.8) is 0 Å². The second-order valence-electron chi connectivity index (χ2n) is 2.77. The molecule has 0 bridgehead atoms. The molecule has 0 nitrogen and oxygen atoms in total. The molecular formula is C8H17B. The first-order chi connectivity index (χ1) is 4.27. The highest BCUT2D eigenvalue weighted by molar-refractivity contribution is 6.21. The van der Waals surface area contributed by atoms with E-state index in [4.69, 9.17) is 0 Å². The van der Waals surface area contributed by atoms with Crippen LogP contribution in [0.1, 0.15) is 39.0 Å². The standard InChI is InChI=1S/C8H17B/c1-3-4-5-6-7-8(2)9/h2-7,9H2,1H3. The number of allylic oxidation sites excluding steroid dienone is 1. The maximum Gasteiger partial charge on any atom is 0.133 e. The van der Waals surface area contributed by atoms with Gasteiger partial charge in [-0.3, -0.25) is 0 Å². The number of hydrogen-bond donors (Lipinski definition) is 0.